The van der Waals surface area contributed by atoms with Gasteiger partial charge in [-0.05, 0) is 43.7 Å². The Bertz CT molecular complexity index is 686. The van der Waals surface area contributed by atoms with Crippen molar-refractivity contribution in [3.8, 4) is 0 Å². The van der Waals surface area contributed by atoms with Crippen LogP contribution in [0.25, 0.3) is 6.08 Å². The molecule has 108 valence electrons. The topological polar surface area (TPSA) is 71.3 Å². The van der Waals surface area contributed by atoms with E-state index in [2.05, 4.69) is 10.9 Å². The monoisotopic (exact) mass is 284 g/mol. The molecule has 0 saturated carbocycles. The van der Waals surface area contributed by atoms with Gasteiger partial charge in [-0.3, -0.25) is 20.4 Å². The quantitative estimate of drug-likeness (QED) is 0.671. The molecule has 2 amide bonds. The molecule has 5 heteroatoms. The molecule has 5 nitrogen and oxygen atoms in total. The van der Waals surface area contributed by atoms with Gasteiger partial charge in [0.05, 0.1) is 0 Å². The summed E-state index contributed by atoms with van der Waals surface area (Å²) in [6, 6.07) is 10.7. The summed E-state index contributed by atoms with van der Waals surface area (Å²) in [6.45, 7) is 3.65. The van der Waals surface area contributed by atoms with Gasteiger partial charge in [0, 0.05) is 11.6 Å². The lowest BCUT2D eigenvalue weighted by Gasteiger charge is -2.07. The van der Waals surface area contributed by atoms with Crippen LogP contribution in [-0.2, 0) is 4.79 Å². The van der Waals surface area contributed by atoms with Crippen LogP contribution in [0.2, 0.25) is 0 Å². The van der Waals surface area contributed by atoms with E-state index in [0.29, 0.717) is 11.3 Å². The molecule has 2 aromatic rings. The molecule has 0 bridgehead atoms. The second-order valence-electron chi connectivity index (χ2n) is 4.54. The molecule has 0 fully saturated rings. The number of amides is 2. The van der Waals surface area contributed by atoms with Gasteiger partial charge in [0.1, 0.15) is 11.5 Å². The summed E-state index contributed by atoms with van der Waals surface area (Å²) < 4.78 is 5.29. The molecule has 0 unspecified atom stereocenters. The third-order valence-corrected chi connectivity index (χ3v) is 2.85. The van der Waals surface area contributed by atoms with E-state index in [1.54, 1.807) is 24.3 Å². The third kappa shape index (κ3) is 4.07. The molecule has 1 aromatic heterocycles. The normalized spacial score (nSPS) is 10.6. The Morgan fingerprint density at radius 1 is 1.05 bits per heavy atom. The Labute approximate surface area is 122 Å². The zero-order valence-corrected chi connectivity index (χ0v) is 11.8. The van der Waals surface area contributed by atoms with Gasteiger partial charge in [-0.2, -0.15) is 0 Å². The molecule has 0 radical (unpaired) electrons. The second-order valence-corrected chi connectivity index (χ2v) is 4.54. The van der Waals surface area contributed by atoms with Crippen molar-refractivity contribution in [3.05, 3.63) is 65.1 Å². The average molecular weight is 284 g/mol. The summed E-state index contributed by atoms with van der Waals surface area (Å²) in [7, 11) is 0. The molecule has 1 heterocycles. The average Bonchev–Trinajstić information content (AvgIpc) is 2.89. The summed E-state index contributed by atoms with van der Waals surface area (Å²) in [5.41, 5.74) is 6.03. The van der Waals surface area contributed by atoms with Crippen molar-refractivity contribution in [1.29, 1.82) is 0 Å². The predicted molar refractivity (Wildman–Crippen MR) is 79.3 cm³/mol. The van der Waals surface area contributed by atoms with Crippen LogP contribution in [0.15, 0.2) is 46.9 Å². The van der Waals surface area contributed by atoms with E-state index in [9.17, 15) is 9.59 Å². The van der Waals surface area contributed by atoms with Gasteiger partial charge in [-0.25, -0.2) is 0 Å². The molecule has 0 aliphatic carbocycles. The molecule has 2 N–H and O–H groups in total. The predicted octanol–water partition coefficient (Wildman–Crippen LogP) is 2.37. The van der Waals surface area contributed by atoms with Crippen LogP contribution >= 0.6 is 0 Å². The minimum atomic E-state index is -0.439. The second kappa shape index (κ2) is 6.56. The minimum absolute atomic E-state index is 0.358. The molecule has 0 saturated heterocycles. The van der Waals surface area contributed by atoms with Gasteiger partial charge in [-0.15, -0.1) is 0 Å². The number of rotatable bonds is 3. The molecule has 0 aliphatic heterocycles. The molecular formula is C16H16N2O3. The fourth-order valence-electron chi connectivity index (χ4n) is 1.76. The Hall–Kier alpha value is -2.82. The number of nitrogens with one attached hydrogen (secondary N) is 2. The van der Waals surface area contributed by atoms with Crippen LogP contribution < -0.4 is 10.9 Å². The van der Waals surface area contributed by atoms with Crippen molar-refractivity contribution in [2.45, 2.75) is 13.8 Å². The molecule has 1 aromatic carbocycles. The minimum Gasteiger partial charge on any atom is -0.462 e. The first kappa shape index (κ1) is 14.6. The maximum Gasteiger partial charge on any atom is 0.269 e. The number of hydrogen-bond acceptors (Lipinski definition) is 3. The fourth-order valence-corrected chi connectivity index (χ4v) is 1.76. The van der Waals surface area contributed by atoms with Crippen molar-refractivity contribution in [2.24, 2.45) is 0 Å². The highest BCUT2D eigenvalue weighted by Gasteiger charge is 2.08. The Kier molecular flexibility index (Phi) is 4.56. The van der Waals surface area contributed by atoms with Crippen LogP contribution in [0.4, 0.5) is 0 Å². The highest BCUT2D eigenvalue weighted by molar-refractivity contribution is 5.98. The lowest BCUT2D eigenvalue weighted by molar-refractivity contribution is -0.117. The molecular weight excluding hydrogens is 268 g/mol. The highest BCUT2D eigenvalue weighted by Crippen LogP contribution is 2.08. The van der Waals surface area contributed by atoms with Crippen molar-refractivity contribution in [3.63, 3.8) is 0 Å². The van der Waals surface area contributed by atoms with Gasteiger partial charge < -0.3 is 4.42 Å². The van der Waals surface area contributed by atoms with Gasteiger partial charge in [0.15, 0.2) is 0 Å². The van der Waals surface area contributed by atoms with Gasteiger partial charge in [0.2, 0.25) is 0 Å². The van der Waals surface area contributed by atoms with E-state index < -0.39 is 5.91 Å². The lowest BCUT2D eigenvalue weighted by Crippen LogP contribution is -2.41. The van der Waals surface area contributed by atoms with E-state index in [1.165, 1.54) is 12.2 Å². The first-order valence-electron chi connectivity index (χ1n) is 6.47. The molecule has 2 rings (SSSR count). The molecule has 0 atom stereocenters. The SMILES string of the molecule is Cc1ccc(C=CC(=O)NNC(=O)c2ccccc2C)o1. The van der Waals surface area contributed by atoms with Gasteiger partial charge >= 0.3 is 0 Å². The summed E-state index contributed by atoms with van der Waals surface area (Å²) in [4.78, 5) is 23.5. The van der Waals surface area contributed by atoms with Crippen molar-refractivity contribution < 1.29 is 14.0 Å². The Morgan fingerprint density at radius 2 is 1.81 bits per heavy atom. The summed E-state index contributed by atoms with van der Waals surface area (Å²) in [5.74, 6) is 0.547. The number of hydrogen-bond donors (Lipinski definition) is 2. The number of carbonyl (C=O) groups is 2. The highest BCUT2D eigenvalue weighted by atomic mass is 16.3. The van der Waals surface area contributed by atoms with Crippen LogP contribution in [0.5, 0.6) is 0 Å². The Morgan fingerprint density at radius 3 is 2.48 bits per heavy atom. The zero-order chi connectivity index (χ0) is 15.2. The first-order valence-corrected chi connectivity index (χ1v) is 6.47. The smallest absolute Gasteiger partial charge is 0.269 e. The molecule has 21 heavy (non-hydrogen) atoms. The van der Waals surface area contributed by atoms with E-state index in [1.807, 2.05) is 26.0 Å². The Balaban J connectivity index is 1.88. The molecule has 0 aliphatic rings. The van der Waals surface area contributed by atoms with E-state index in [-0.39, 0.29) is 5.91 Å². The van der Waals surface area contributed by atoms with Crippen LogP contribution in [0, 0.1) is 13.8 Å². The number of aryl methyl sites for hydroxylation is 2. The number of carbonyl (C=O) groups excluding carboxylic acids is 2. The first-order chi connectivity index (χ1) is 10.1. The summed E-state index contributed by atoms with van der Waals surface area (Å²) in [5, 5.41) is 0. The number of hydrazine groups is 1. The van der Waals surface area contributed by atoms with Crippen molar-refractivity contribution in [2.75, 3.05) is 0 Å². The van der Waals surface area contributed by atoms with Crippen molar-refractivity contribution in [1.82, 2.24) is 10.9 Å². The van der Waals surface area contributed by atoms with Gasteiger partial charge in [-0.1, -0.05) is 18.2 Å². The maximum atomic E-state index is 11.9. The number of furan rings is 1. The van der Waals surface area contributed by atoms with E-state index >= 15 is 0 Å². The zero-order valence-electron chi connectivity index (χ0n) is 11.8. The van der Waals surface area contributed by atoms with Crippen LogP contribution in [-0.4, -0.2) is 11.8 Å². The largest absolute Gasteiger partial charge is 0.462 e. The standard InChI is InChI=1S/C16H16N2O3/c1-11-5-3-4-6-14(11)16(20)18-17-15(19)10-9-13-8-7-12(2)21-13/h3-10H,1-2H3,(H,17,19)(H,18,20). The van der Waals surface area contributed by atoms with Crippen LogP contribution in [0.3, 0.4) is 0 Å². The summed E-state index contributed by atoms with van der Waals surface area (Å²) >= 11 is 0. The fraction of sp³-hybridized carbons (Fsp3) is 0.125. The van der Waals surface area contributed by atoms with Crippen molar-refractivity contribution >= 4 is 17.9 Å². The van der Waals surface area contributed by atoms with Crippen LogP contribution in [0.1, 0.15) is 27.4 Å². The third-order valence-electron chi connectivity index (χ3n) is 2.85. The van der Waals surface area contributed by atoms with Gasteiger partial charge in [0.25, 0.3) is 11.8 Å². The molecule has 0 spiro atoms. The van der Waals surface area contributed by atoms with E-state index in [0.717, 1.165) is 11.3 Å². The lowest BCUT2D eigenvalue weighted by atomic mass is 10.1. The summed E-state index contributed by atoms with van der Waals surface area (Å²) in [6.07, 6.45) is 2.82. The number of benzene rings is 1. The maximum absolute atomic E-state index is 11.9. The van der Waals surface area contributed by atoms with E-state index in [4.69, 9.17) is 4.42 Å².